The van der Waals surface area contributed by atoms with Crippen LogP contribution in [0.25, 0.3) is 15.9 Å². The van der Waals surface area contributed by atoms with Crippen molar-refractivity contribution < 1.29 is 9.53 Å². The molecule has 168 valence electrons. The number of hydrogen-bond acceptors (Lipinski definition) is 6. The minimum atomic E-state index is -0.222. The number of benzene rings is 2. The van der Waals surface area contributed by atoms with Crippen LogP contribution in [0.1, 0.15) is 24.3 Å². The summed E-state index contributed by atoms with van der Waals surface area (Å²) in [6.07, 6.45) is 2.23. The van der Waals surface area contributed by atoms with E-state index < -0.39 is 0 Å². The number of methoxy groups -OCH3 is 1. The van der Waals surface area contributed by atoms with Gasteiger partial charge in [0.2, 0.25) is 5.91 Å². The van der Waals surface area contributed by atoms with Gasteiger partial charge in [0.15, 0.2) is 5.16 Å². The number of nitrogens with one attached hydrogen (secondary N) is 1. The SMILES string of the molecule is COc1ccc(NC(=O)CSc2nc3scc(C4CC4)c3c(=O)n2-c2ccccc2)cc1Cl. The normalized spacial score (nSPS) is 13.3. The molecule has 0 aliphatic heterocycles. The summed E-state index contributed by atoms with van der Waals surface area (Å²) in [5, 5.41) is 6.49. The van der Waals surface area contributed by atoms with Crippen LogP contribution in [0.4, 0.5) is 5.69 Å². The van der Waals surface area contributed by atoms with Crippen LogP contribution in [0.3, 0.4) is 0 Å². The molecule has 2 aromatic carbocycles. The number of ether oxygens (including phenoxy) is 1. The molecule has 0 spiro atoms. The Morgan fingerprint density at radius 2 is 2.06 bits per heavy atom. The molecule has 1 fully saturated rings. The fourth-order valence-electron chi connectivity index (χ4n) is 3.66. The Balaban J connectivity index is 1.44. The number of amides is 1. The van der Waals surface area contributed by atoms with Crippen LogP contribution in [-0.2, 0) is 4.79 Å². The molecule has 9 heteroatoms. The minimum absolute atomic E-state index is 0.0841. The third-order valence-corrected chi connectivity index (χ3v) is 7.53. The summed E-state index contributed by atoms with van der Waals surface area (Å²) in [5.74, 6) is 0.864. The van der Waals surface area contributed by atoms with Crippen molar-refractivity contribution in [2.75, 3.05) is 18.2 Å². The number of hydrogen-bond donors (Lipinski definition) is 1. The Hall–Kier alpha value is -2.81. The van der Waals surface area contributed by atoms with Gasteiger partial charge >= 0.3 is 0 Å². The predicted molar refractivity (Wildman–Crippen MR) is 135 cm³/mol. The first-order valence-electron chi connectivity index (χ1n) is 10.4. The summed E-state index contributed by atoms with van der Waals surface area (Å²) in [6, 6.07) is 14.5. The van der Waals surface area contributed by atoms with Crippen molar-refractivity contribution in [2.24, 2.45) is 0 Å². The van der Waals surface area contributed by atoms with Gasteiger partial charge in [-0.3, -0.25) is 14.2 Å². The number of thioether (sulfide) groups is 1. The van der Waals surface area contributed by atoms with E-state index in [0.717, 1.165) is 28.9 Å². The number of fused-ring (bicyclic) bond motifs is 1. The van der Waals surface area contributed by atoms with Crippen molar-refractivity contribution in [1.29, 1.82) is 0 Å². The van der Waals surface area contributed by atoms with Crippen molar-refractivity contribution in [1.82, 2.24) is 9.55 Å². The molecule has 1 saturated carbocycles. The molecule has 1 aliphatic carbocycles. The van der Waals surface area contributed by atoms with Gasteiger partial charge in [-0.2, -0.15) is 0 Å². The fourth-order valence-corrected chi connectivity index (χ4v) is 5.79. The van der Waals surface area contributed by atoms with E-state index in [1.165, 1.54) is 30.2 Å². The summed E-state index contributed by atoms with van der Waals surface area (Å²) < 4.78 is 6.76. The third-order valence-electron chi connectivity index (χ3n) is 5.40. The Labute approximate surface area is 203 Å². The maximum atomic E-state index is 13.6. The van der Waals surface area contributed by atoms with Crippen molar-refractivity contribution in [3.05, 3.63) is 74.9 Å². The molecule has 0 radical (unpaired) electrons. The second-order valence-corrected chi connectivity index (χ2v) is 9.91. The number of halogens is 1. The zero-order chi connectivity index (χ0) is 22.9. The lowest BCUT2D eigenvalue weighted by Crippen LogP contribution is -2.23. The third kappa shape index (κ3) is 4.51. The maximum Gasteiger partial charge on any atom is 0.267 e. The number of carbonyl (C=O) groups is 1. The molecule has 1 N–H and O–H groups in total. The molecule has 0 bridgehead atoms. The van der Waals surface area contributed by atoms with Crippen LogP contribution in [-0.4, -0.2) is 28.3 Å². The van der Waals surface area contributed by atoms with E-state index >= 15 is 0 Å². The van der Waals surface area contributed by atoms with E-state index in [0.29, 0.717) is 32.9 Å². The molecule has 1 amide bonds. The van der Waals surface area contributed by atoms with Crippen molar-refractivity contribution in [3.8, 4) is 11.4 Å². The Morgan fingerprint density at radius 3 is 2.76 bits per heavy atom. The summed E-state index contributed by atoms with van der Waals surface area (Å²) in [5.41, 5.74) is 2.32. The molecule has 0 unspecified atom stereocenters. The van der Waals surface area contributed by atoms with Crippen LogP contribution < -0.4 is 15.6 Å². The highest BCUT2D eigenvalue weighted by Gasteiger charge is 2.29. The molecular weight excluding hydrogens is 478 g/mol. The summed E-state index contributed by atoms with van der Waals surface area (Å²) in [7, 11) is 1.54. The van der Waals surface area contributed by atoms with Crippen LogP contribution in [0.5, 0.6) is 5.75 Å². The van der Waals surface area contributed by atoms with Gasteiger partial charge in [0, 0.05) is 5.69 Å². The summed E-state index contributed by atoms with van der Waals surface area (Å²) in [4.78, 5) is 31.7. The van der Waals surface area contributed by atoms with E-state index in [-0.39, 0.29) is 17.2 Å². The van der Waals surface area contributed by atoms with Gasteiger partial charge in [0.05, 0.1) is 29.0 Å². The van der Waals surface area contributed by atoms with Crippen LogP contribution >= 0.6 is 34.7 Å². The lowest BCUT2D eigenvalue weighted by Gasteiger charge is -2.13. The number of para-hydroxylation sites is 1. The van der Waals surface area contributed by atoms with Gasteiger partial charge in [-0.25, -0.2) is 4.98 Å². The van der Waals surface area contributed by atoms with Crippen LogP contribution in [0, 0.1) is 0 Å². The number of aromatic nitrogens is 2. The van der Waals surface area contributed by atoms with E-state index in [2.05, 4.69) is 10.7 Å². The second-order valence-electron chi connectivity index (χ2n) is 7.70. The van der Waals surface area contributed by atoms with Gasteiger partial charge in [-0.1, -0.05) is 41.6 Å². The molecule has 1 aliphatic rings. The molecule has 0 atom stereocenters. The highest BCUT2D eigenvalue weighted by molar-refractivity contribution is 7.99. The monoisotopic (exact) mass is 497 g/mol. The van der Waals surface area contributed by atoms with Crippen molar-refractivity contribution in [3.63, 3.8) is 0 Å². The minimum Gasteiger partial charge on any atom is -0.495 e. The first-order chi connectivity index (χ1) is 16.0. The first kappa shape index (κ1) is 22.0. The molecule has 33 heavy (non-hydrogen) atoms. The zero-order valence-corrected chi connectivity index (χ0v) is 20.1. The quantitative estimate of drug-likeness (QED) is 0.261. The van der Waals surface area contributed by atoms with Crippen LogP contribution in [0.15, 0.2) is 63.9 Å². The molecule has 0 saturated heterocycles. The Kier molecular flexibility index (Phi) is 6.14. The lowest BCUT2D eigenvalue weighted by molar-refractivity contribution is -0.113. The van der Waals surface area contributed by atoms with Gasteiger partial charge in [-0.15, -0.1) is 11.3 Å². The van der Waals surface area contributed by atoms with Crippen molar-refractivity contribution in [2.45, 2.75) is 23.9 Å². The van der Waals surface area contributed by atoms with E-state index in [1.807, 2.05) is 30.3 Å². The highest BCUT2D eigenvalue weighted by Crippen LogP contribution is 2.44. The Bertz CT molecular complexity index is 1400. The lowest BCUT2D eigenvalue weighted by atomic mass is 10.1. The van der Waals surface area contributed by atoms with Gasteiger partial charge < -0.3 is 10.1 Å². The van der Waals surface area contributed by atoms with Gasteiger partial charge in [0.25, 0.3) is 5.56 Å². The number of anilines is 1. The van der Waals surface area contributed by atoms with E-state index in [1.54, 1.807) is 22.8 Å². The topological polar surface area (TPSA) is 73.2 Å². The van der Waals surface area contributed by atoms with E-state index in [4.69, 9.17) is 21.3 Å². The number of nitrogens with zero attached hydrogens (tertiary/aromatic N) is 2. The smallest absolute Gasteiger partial charge is 0.267 e. The fraction of sp³-hybridized carbons (Fsp3) is 0.208. The molecule has 4 aromatic rings. The summed E-state index contributed by atoms with van der Waals surface area (Å²) >= 11 is 8.87. The van der Waals surface area contributed by atoms with E-state index in [9.17, 15) is 9.59 Å². The first-order valence-corrected chi connectivity index (χ1v) is 12.6. The molecular formula is C24H20ClN3O3S2. The molecule has 2 aromatic heterocycles. The maximum absolute atomic E-state index is 13.6. The van der Waals surface area contributed by atoms with Crippen LogP contribution in [0.2, 0.25) is 5.02 Å². The Morgan fingerprint density at radius 1 is 1.27 bits per heavy atom. The van der Waals surface area contributed by atoms with Gasteiger partial charge in [-0.05, 0) is 60.0 Å². The average molecular weight is 498 g/mol. The number of carbonyl (C=O) groups excluding carboxylic acids is 1. The second kappa shape index (κ2) is 9.21. The number of thiophene rings is 1. The standard InChI is InChI=1S/C24H20ClN3O3S2/c1-31-19-10-9-15(11-18(19)25)26-20(29)13-33-24-27-22-21(17(12-32-22)14-7-8-14)23(30)28(24)16-5-3-2-4-6-16/h2-6,9-12,14H,7-8,13H2,1H3,(H,26,29). The zero-order valence-electron chi connectivity index (χ0n) is 17.7. The predicted octanol–water partition coefficient (Wildman–Crippen LogP) is 5.72. The molecule has 2 heterocycles. The average Bonchev–Trinajstić information content (AvgIpc) is 3.57. The largest absolute Gasteiger partial charge is 0.495 e. The number of rotatable bonds is 7. The van der Waals surface area contributed by atoms with Gasteiger partial charge in [0.1, 0.15) is 10.6 Å². The molecule has 5 rings (SSSR count). The highest BCUT2D eigenvalue weighted by atomic mass is 35.5. The van der Waals surface area contributed by atoms with Crippen molar-refractivity contribution >= 4 is 56.5 Å². The molecule has 6 nitrogen and oxygen atoms in total. The summed E-state index contributed by atoms with van der Waals surface area (Å²) in [6.45, 7) is 0.